The lowest BCUT2D eigenvalue weighted by atomic mass is 10.1. The van der Waals surface area contributed by atoms with Gasteiger partial charge in [-0.15, -0.1) is 32.2 Å². The molecule has 2 N–H and O–H groups in total. The van der Waals surface area contributed by atoms with Gasteiger partial charge in [-0.25, -0.2) is 0 Å². The summed E-state index contributed by atoms with van der Waals surface area (Å²) in [6, 6.07) is 7.51. The smallest absolute Gasteiger partial charge is 0.242 e. The Labute approximate surface area is 279 Å². The van der Waals surface area contributed by atoms with Crippen molar-refractivity contribution in [2.24, 2.45) is 0 Å². The number of aryl methyl sites for hydroxylation is 1. The van der Waals surface area contributed by atoms with Crippen molar-refractivity contribution in [2.45, 2.75) is 51.3 Å². The molecule has 3 rings (SSSR count). The zero-order valence-corrected chi connectivity index (χ0v) is 27.9. The highest BCUT2D eigenvalue weighted by Crippen LogP contribution is 2.25. The third-order valence-electron chi connectivity index (χ3n) is 6.73. The molecule has 0 aliphatic carbocycles. The molecule has 1 aromatic heterocycles. The van der Waals surface area contributed by atoms with Crippen LogP contribution in [0, 0.1) is 6.92 Å². The van der Waals surface area contributed by atoms with E-state index in [0.717, 1.165) is 23.3 Å². The molecule has 47 heavy (non-hydrogen) atoms. The Balaban J connectivity index is 1.06. The highest BCUT2D eigenvalue weighted by Gasteiger charge is 2.38. The molecule has 1 saturated heterocycles. The van der Waals surface area contributed by atoms with Crippen LogP contribution in [0.2, 0.25) is 0 Å². The molecule has 1 aromatic carbocycles. The maximum absolute atomic E-state index is 12.3. The number of aromatic nitrogens is 4. The van der Waals surface area contributed by atoms with Crippen LogP contribution in [-0.2, 0) is 44.7 Å². The topological polar surface area (TPSA) is 184 Å². The fourth-order valence-electron chi connectivity index (χ4n) is 4.22. The normalized spacial score (nSPS) is 14.5. The molecular weight excluding hydrogens is 630 g/mol. The van der Waals surface area contributed by atoms with Gasteiger partial charge >= 0.3 is 0 Å². The van der Waals surface area contributed by atoms with Gasteiger partial charge < -0.3 is 29.6 Å². The van der Waals surface area contributed by atoms with Gasteiger partial charge in [0.25, 0.3) is 0 Å². The van der Waals surface area contributed by atoms with Crippen LogP contribution < -0.4 is 10.6 Å². The van der Waals surface area contributed by atoms with E-state index in [1.807, 2.05) is 31.2 Å². The minimum absolute atomic E-state index is 0.0752. The van der Waals surface area contributed by atoms with E-state index in [4.69, 9.17) is 18.9 Å². The zero-order chi connectivity index (χ0) is 33.7. The second-order valence-corrected chi connectivity index (χ2v) is 11.8. The fraction of sp³-hybridized carbons (Fsp3) is 0.613. The molecule has 0 bridgehead atoms. The lowest BCUT2D eigenvalue weighted by molar-refractivity contribution is -0.138. The number of nitrogens with one attached hydrogen (secondary N) is 2. The number of hydrogen-bond donors (Lipinski definition) is 2. The molecule has 4 amide bonds. The molecule has 16 heteroatoms. The minimum atomic E-state index is -0.320. The lowest BCUT2D eigenvalue weighted by Gasteiger charge is -2.14. The monoisotopic (exact) mass is 675 g/mol. The van der Waals surface area contributed by atoms with Gasteiger partial charge in [0.1, 0.15) is 0 Å². The second-order valence-electron chi connectivity index (χ2n) is 10.5. The van der Waals surface area contributed by atoms with E-state index in [-0.39, 0.29) is 54.7 Å². The van der Waals surface area contributed by atoms with Gasteiger partial charge in [-0.2, -0.15) is 0 Å². The molecule has 1 fully saturated rings. The Hall–Kier alpha value is -3.57. The van der Waals surface area contributed by atoms with Gasteiger partial charge in [0.15, 0.2) is 5.82 Å². The predicted molar refractivity (Wildman–Crippen MR) is 173 cm³/mol. The summed E-state index contributed by atoms with van der Waals surface area (Å²) in [5.41, 5.74) is 1.74. The van der Waals surface area contributed by atoms with Crippen LogP contribution in [0.1, 0.15) is 44.0 Å². The average molecular weight is 676 g/mol. The molecule has 1 atom stereocenters. The Morgan fingerprint density at radius 3 is 2.06 bits per heavy atom. The Bertz CT molecular complexity index is 1250. The number of amides is 4. The van der Waals surface area contributed by atoms with Gasteiger partial charge in [-0.1, -0.05) is 31.2 Å². The molecule has 0 saturated carbocycles. The van der Waals surface area contributed by atoms with Gasteiger partial charge in [0.2, 0.25) is 29.5 Å². The van der Waals surface area contributed by atoms with Crippen LogP contribution in [0.3, 0.4) is 0 Å². The van der Waals surface area contributed by atoms with Crippen molar-refractivity contribution < 1.29 is 38.1 Å². The number of imide groups is 1. The van der Waals surface area contributed by atoms with Crippen molar-refractivity contribution in [3.8, 4) is 11.4 Å². The highest BCUT2D eigenvalue weighted by molar-refractivity contribution is 8.00. The Morgan fingerprint density at radius 2 is 1.43 bits per heavy atom. The van der Waals surface area contributed by atoms with Crippen LogP contribution in [0.5, 0.6) is 0 Å². The van der Waals surface area contributed by atoms with E-state index in [1.54, 1.807) is 6.92 Å². The van der Waals surface area contributed by atoms with Gasteiger partial charge in [-0.3, -0.25) is 24.1 Å². The second kappa shape index (κ2) is 22.1. The first-order valence-electron chi connectivity index (χ1n) is 15.8. The highest BCUT2D eigenvalue weighted by atomic mass is 32.2. The number of thioether (sulfide) groups is 1. The Kier molecular flexibility index (Phi) is 17.8. The summed E-state index contributed by atoms with van der Waals surface area (Å²) < 4.78 is 21.8. The predicted octanol–water partition coefficient (Wildman–Crippen LogP) is 1.09. The first-order chi connectivity index (χ1) is 22.9. The number of carbonyl (C=O) groups excluding carboxylic acids is 4. The van der Waals surface area contributed by atoms with E-state index in [9.17, 15) is 19.2 Å². The molecular formula is C31H45N7O8S. The summed E-state index contributed by atoms with van der Waals surface area (Å²) in [7, 11) is 0. The summed E-state index contributed by atoms with van der Waals surface area (Å²) >= 11 is 1.50. The Morgan fingerprint density at radius 1 is 0.830 bits per heavy atom. The molecule has 2 heterocycles. The number of likely N-dealkylation sites (tertiary alicyclic amines) is 1. The minimum Gasteiger partial charge on any atom is -0.379 e. The average Bonchev–Trinajstić information content (AvgIpc) is 3.35. The van der Waals surface area contributed by atoms with E-state index in [2.05, 4.69) is 31.0 Å². The number of carbonyl (C=O) groups is 4. The van der Waals surface area contributed by atoms with Crippen LogP contribution in [-0.4, -0.2) is 126 Å². The quantitative estimate of drug-likeness (QED) is 0.119. The van der Waals surface area contributed by atoms with E-state index in [0.29, 0.717) is 77.6 Å². The van der Waals surface area contributed by atoms with Gasteiger partial charge in [0, 0.05) is 44.5 Å². The zero-order valence-electron chi connectivity index (χ0n) is 27.1. The van der Waals surface area contributed by atoms with E-state index >= 15 is 0 Å². The first kappa shape index (κ1) is 37.9. The van der Waals surface area contributed by atoms with E-state index < -0.39 is 0 Å². The molecule has 15 nitrogen and oxygen atoms in total. The van der Waals surface area contributed by atoms with Gasteiger partial charge in [-0.05, 0) is 24.7 Å². The molecule has 258 valence electrons. The van der Waals surface area contributed by atoms with Crippen LogP contribution >= 0.6 is 11.8 Å². The molecule has 1 aliphatic rings. The summed E-state index contributed by atoms with van der Waals surface area (Å²) in [5.74, 6) is 1.05. The number of hydrogen-bond acceptors (Lipinski definition) is 13. The van der Waals surface area contributed by atoms with Crippen LogP contribution in [0.25, 0.3) is 11.4 Å². The number of ether oxygens (including phenoxy) is 4. The van der Waals surface area contributed by atoms with Crippen molar-refractivity contribution in [1.29, 1.82) is 0 Å². The number of benzene rings is 1. The standard InChI is InChI=1S/C31H45N7O8S/c1-3-20-47-26-21-29(41)38(31(26)42)11-8-27(39)32-10-13-44-15-17-46-19-18-45-16-14-43-12-9-28(40)33-22-24-4-6-25(7-5-24)30-36-34-23(2)35-37-30/h4-7,26H,3,8-22H2,1-2H3,(H,32,39)(H,33,40). The molecule has 2 aromatic rings. The first-order valence-corrected chi connectivity index (χ1v) is 16.9. The molecule has 1 aliphatic heterocycles. The largest absolute Gasteiger partial charge is 0.379 e. The summed E-state index contributed by atoms with van der Waals surface area (Å²) in [5, 5.41) is 21.1. The van der Waals surface area contributed by atoms with Crippen molar-refractivity contribution >= 4 is 35.4 Å². The van der Waals surface area contributed by atoms with Crippen molar-refractivity contribution in [2.75, 3.05) is 71.7 Å². The molecule has 0 spiro atoms. The van der Waals surface area contributed by atoms with Crippen molar-refractivity contribution in [3.63, 3.8) is 0 Å². The van der Waals surface area contributed by atoms with Crippen LogP contribution in [0.4, 0.5) is 0 Å². The summed E-state index contributed by atoms with van der Waals surface area (Å²) in [4.78, 5) is 49.7. The third-order valence-corrected chi connectivity index (χ3v) is 8.14. The third kappa shape index (κ3) is 14.8. The van der Waals surface area contributed by atoms with Crippen LogP contribution in [0.15, 0.2) is 24.3 Å². The van der Waals surface area contributed by atoms with Crippen molar-refractivity contribution in [1.82, 2.24) is 35.9 Å². The SMILES string of the molecule is CCCSC1CC(=O)N(CCC(=O)NCCOCCOCCOCCOCCC(=O)NCc2ccc(-c3nnc(C)nn3)cc2)C1=O. The maximum atomic E-state index is 12.3. The fourth-order valence-corrected chi connectivity index (χ4v) is 5.28. The maximum Gasteiger partial charge on any atom is 0.242 e. The lowest BCUT2D eigenvalue weighted by Crippen LogP contribution is -2.36. The number of nitrogens with zero attached hydrogens (tertiary/aromatic N) is 5. The summed E-state index contributed by atoms with van der Waals surface area (Å²) in [6.07, 6.45) is 1.48. The molecule has 0 radical (unpaired) electrons. The van der Waals surface area contributed by atoms with E-state index in [1.165, 1.54) is 16.7 Å². The number of rotatable bonds is 24. The molecule has 1 unspecified atom stereocenters. The van der Waals surface area contributed by atoms with Crippen molar-refractivity contribution in [3.05, 3.63) is 35.7 Å². The summed E-state index contributed by atoms with van der Waals surface area (Å²) in [6.45, 7) is 7.54. The van der Waals surface area contributed by atoms with Gasteiger partial charge in [0.05, 0.1) is 58.1 Å².